The molecule has 2 atom stereocenters. The molecule has 4 rings (SSSR count). The van der Waals surface area contributed by atoms with E-state index in [9.17, 15) is 14.0 Å². The van der Waals surface area contributed by atoms with Crippen LogP contribution in [0.25, 0.3) is 0 Å². The van der Waals surface area contributed by atoms with Gasteiger partial charge in [0.15, 0.2) is 11.5 Å². The maximum Gasteiger partial charge on any atom is 0.255 e. The van der Waals surface area contributed by atoms with Gasteiger partial charge in [-0.25, -0.2) is 4.39 Å². The van der Waals surface area contributed by atoms with Gasteiger partial charge >= 0.3 is 0 Å². The van der Waals surface area contributed by atoms with Crippen molar-refractivity contribution in [3.63, 3.8) is 0 Å². The fraction of sp³-hybridized carbons (Fsp3) is 0.259. The maximum atomic E-state index is 13.5. The van der Waals surface area contributed by atoms with E-state index < -0.39 is 6.04 Å². The minimum Gasteiger partial charge on any atom is -0.493 e. The molecular formula is C27H27FN2O4S. The van der Waals surface area contributed by atoms with Gasteiger partial charge in [0.2, 0.25) is 5.91 Å². The molecule has 0 spiro atoms. The fourth-order valence-electron chi connectivity index (χ4n) is 4.05. The zero-order chi connectivity index (χ0) is 24.8. The lowest BCUT2D eigenvalue weighted by atomic mass is 10.1. The number of benzene rings is 3. The van der Waals surface area contributed by atoms with Crippen LogP contribution in [0.5, 0.6) is 11.5 Å². The molecule has 8 heteroatoms. The van der Waals surface area contributed by atoms with Gasteiger partial charge in [-0.1, -0.05) is 36.4 Å². The van der Waals surface area contributed by atoms with Crippen LogP contribution in [0.4, 0.5) is 4.39 Å². The van der Waals surface area contributed by atoms with Crippen molar-refractivity contribution >= 4 is 23.6 Å². The molecule has 1 saturated heterocycles. The quantitative estimate of drug-likeness (QED) is 0.501. The van der Waals surface area contributed by atoms with E-state index in [1.807, 2.05) is 24.3 Å². The van der Waals surface area contributed by atoms with Gasteiger partial charge in [0.1, 0.15) is 17.2 Å². The number of nitrogens with zero attached hydrogens (tertiary/aromatic N) is 1. The van der Waals surface area contributed by atoms with Gasteiger partial charge in [-0.05, 0) is 53.9 Å². The number of thioether (sulfide) groups is 1. The first kappa shape index (κ1) is 24.6. The molecule has 0 radical (unpaired) electrons. The molecule has 0 saturated carbocycles. The highest BCUT2D eigenvalue weighted by atomic mass is 32.2. The van der Waals surface area contributed by atoms with Gasteiger partial charge in [0.05, 0.1) is 14.2 Å². The predicted molar refractivity (Wildman–Crippen MR) is 134 cm³/mol. The summed E-state index contributed by atoms with van der Waals surface area (Å²) in [6.07, 6.45) is 0.597. The van der Waals surface area contributed by atoms with Crippen molar-refractivity contribution in [1.29, 1.82) is 0 Å². The summed E-state index contributed by atoms with van der Waals surface area (Å²) < 4.78 is 24.1. The van der Waals surface area contributed by atoms with Crippen molar-refractivity contribution in [3.8, 4) is 11.5 Å². The van der Waals surface area contributed by atoms with E-state index in [1.54, 1.807) is 55.5 Å². The summed E-state index contributed by atoms with van der Waals surface area (Å²) in [5, 5.41) is 2.59. The molecule has 1 aliphatic rings. The first-order chi connectivity index (χ1) is 17.0. The Morgan fingerprint density at radius 3 is 2.40 bits per heavy atom. The number of carbonyl (C=O) groups is 2. The highest BCUT2D eigenvalue weighted by Crippen LogP contribution is 2.42. The van der Waals surface area contributed by atoms with Crippen LogP contribution in [-0.4, -0.2) is 49.3 Å². The Bertz CT molecular complexity index is 1170. The standard InChI is InChI=1S/C27H27FN2O4S/c1-33-23-13-8-18(16-24(23)34-2)14-15-29-25(31)22-17-35-27(20-9-11-21(28)12-10-20)30(22)26(32)19-6-4-3-5-7-19/h3-13,16,22,27H,14-15,17H2,1-2H3,(H,29,31). The van der Waals surface area contributed by atoms with E-state index in [0.29, 0.717) is 35.8 Å². The van der Waals surface area contributed by atoms with Crippen molar-refractivity contribution in [2.24, 2.45) is 0 Å². The lowest BCUT2D eigenvalue weighted by molar-refractivity contribution is -0.124. The Labute approximate surface area is 208 Å². The van der Waals surface area contributed by atoms with Crippen LogP contribution in [0.3, 0.4) is 0 Å². The first-order valence-electron chi connectivity index (χ1n) is 11.2. The lowest BCUT2D eigenvalue weighted by Crippen LogP contribution is -2.48. The van der Waals surface area contributed by atoms with Crippen LogP contribution >= 0.6 is 11.8 Å². The zero-order valence-electron chi connectivity index (χ0n) is 19.6. The molecule has 182 valence electrons. The molecule has 0 aliphatic carbocycles. The summed E-state index contributed by atoms with van der Waals surface area (Å²) in [4.78, 5) is 28.3. The minimum absolute atomic E-state index is 0.216. The minimum atomic E-state index is -0.645. The number of hydrogen-bond donors (Lipinski definition) is 1. The molecule has 3 aromatic carbocycles. The molecule has 35 heavy (non-hydrogen) atoms. The van der Waals surface area contributed by atoms with Gasteiger partial charge in [-0.3, -0.25) is 9.59 Å². The van der Waals surface area contributed by atoms with Gasteiger partial charge in [0, 0.05) is 17.9 Å². The topological polar surface area (TPSA) is 67.9 Å². The second-order valence-corrected chi connectivity index (χ2v) is 9.18. The van der Waals surface area contributed by atoms with E-state index >= 15 is 0 Å². The summed E-state index contributed by atoms with van der Waals surface area (Å²) in [5.41, 5.74) is 2.27. The maximum absolute atomic E-state index is 13.5. The van der Waals surface area contributed by atoms with Crippen molar-refractivity contribution in [3.05, 3.63) is 95.3 Å². The lowest BCUT2D eigenvalue weighted by Gasteiger charge is -2.29. The first-order valence-corrected chi connectivity index (χ1v) is 12.3. The highest BCUT2D eigenvalue weighted by molar-refractivity contribution is 7.99. The summed E-state index contributed by atoms with van der Waals surface area (Å²) in [6.45, 7) is 0.407. The van der Waals surface area contributed by atoms with Crippen LogP contribution in [0.15, 0.2) is 72.8 Å². The molecule has 2 amide bonds. The number of ether oxygens (including phenoxy) is 2. The Morgan fingerprint density at radius 2 is 1.71 bits per heavy atom. The average molecular weight is 495 g/mol. The number of rotatable bonds is 8. The summed E-state index contributed by atoms with van der Waals surface area (Å²) in [5.74, 6) is 0.928. The largest absolute Gasteiger partial charge is 0.493 e. The van der Waals surface area contributed by atoms with Crippen LogP contribution < -0.4 is 14.8 Å². The van der Waals surface area contributed by atoms with E-state index in [2.05, 4.69) is 5.32 Å². The van der Waals surface area contributed by atoms with Crippen molar-refractivity contribution in [1.82, 2.24) is 10.2 Å². The van der Waals surface area contributed by atoms with Gasteiger partial charge in [-0.15, -0.1) is 11.8 Å². The molecule has 0 bridgehead atoms. The van der Waals surface area contributed by atoms with E-state index in [4.69, 9.17) is 9.47 Å². The molecule has 6 nitrogen and oxygen atoms in total. The molecule has 0 aromatic heterocycles. The fourth-order valence-corrected chi connectivity index (χ4v) is 5.48. The molecule has 1 N–H and O–H groups in total. The normalized spacial score (nSPS) is 17.2. The van der Waals surface area contributed by atoms with Crippen molar-refractivity contribution < 1.29 is 23.5 Å². The number of amides is 2. The number of nitrogens with one attached hydrogen (secondary N) is 1. The average Bonchev–Trinajstić information content (AvgIpc) is 3.34. The third kappa shape index (κ3) is 5.59. The Balaban J connectivity index is 1.49. The van der Waals surface area contributed by atoms with E-state index in [1.165, 1.54) is 23.9 Å². The number of hydrogen-bond acceptors (Lipinski definition) is 5. The monoisotopic (exact) mass is 494 g/mol. The second kappa shape index (κ2) is 11.3. The predicted octanol–water partition coefficient (Wildman–Crippen LogP) is 4.46. The van der Waals surface area contributed by atoms with Gasteiger partial charge < -0.3 is 19.7 Å². The second-order valence-electron chi connectivity index (χ2n) is 8.06. The smallest absolute Gasteiger partial charge is 0.255 e. The van der Waals surface area contributed by atoms with Crippen molar-refractivity contribution in [2.75, 3.05) is 26.5 Å². The van der Waals surface area contributed by atoms with Crippen LogP contribution in [0, 0.1) is 5.82 Å². The Kier molecular flexibility index (Phi) is 7.92. The van der Waals surface area contributed by atoms with Gasteiger partial charge in [-0.2, -0.15) is 0 Å². The molecule has 1 aliphatic heterocycles. The van der Waals surface area contributed by atoms with Crippen LogP contribution in [0.2, 0.25) is 0 Å². The number of methoxy groups -OCH3 is 2. The zero-order valence-corrected chi connectivity index (χ0v) is 20.4. The Morgan fingerprint density at radius 1 is 1.00 bits per heavy atom. The third-order valence-corrected chi connectivity index (χ3v) is 7.20. The molecular weight excluding hydrogens is 467 g/mol. The highest BCUT2D eigenvalue weighted by Gasteiger charge is 2.42. The number of halogens is 1. The van der Waals surface area contributed by atoms with Gasteiger partial charge in [0.25, 0.3) is 5.91 Å². The molecule has 3 aromatic rings. The molecule has 1 heterocycles. The Hall–Kier alpha value is -3.52. The van der Waals surface area contributed by atoms with Crippen molar-refractivity contribution in [2.45, 2.75) is 17.8 Å². The summed E-state index contributed by atoms with van der Waals surface area (Å²) in [6, 6.07) is 20.0. The van der Waals surface area contributed by atoms with Crippen LogP contribution in [-0.2, 0) is 11.2 Å². The van der Waals surface area contributed by atoms with Crippen LogP contribution in [0.1, 0.15) is 26.9 Å². The van der Waals surface area contributed by atoms with E-state index in [0.717, 1.165) is 11.1 Å². The third-order valence-electron chi connectivity index (χ3n) is 5.87. The molecule has 2 unspecified atom stereocenters. The van der Waals surface area contributed by atoms with E-state index in [-0.39, 0.29) is 23.0 Å². The SMILES string of the molecule is COc1ccc(CCNC(=O)C2CSC(c3ccc(F)cc3)N2C(=O)c2ccccc2)cc1OC. The number of carbonyl (C=O) groups excluding carboxylic acids is 2. The summed E-state index contributed by atoms with van der Waals surface area (Å²) >= 11 is 1.50. The molecule has 1 fully saturated rings. The summed E-state index contributed by atoms with van der Waals surface area (Å²) in [7, 11) is 3.16.